The number of hydrogen-bond donors (Lipinski definition) is 2. The Morgan fingerprint density at radius 1 is 1.15 bits per heavy atom. The fraction of sp³-hybridized carbons (Fsp3) is 0.647. The number of fused-ring (bicyclic) bond motifs is 1. The molecule has 0 heterocycles. The molecule has 2 rings (SSSR count). The van der Waals surface area contributed by atoms with E-state index in [1.807, 2.05) is 0 Å². The second-order valence-corrected chi connectivity index (χ2v) is 6.40. The van der Waals surface area contributed by atoms with E-state index in [9.17, 15) is 0 Å². The maximum Gasteiger partial charge on any atom is 0.0342 e. The number of hydrogen-bond acceptors (Lipinski definition) is 3. The summed E-state index contributed by atoms with van der Waals surface area (Å²) in [5, 5.41) is 3.69. The lowest BCUT2D eigenvalue weighted by atomic mass is 10.1. The summed E-state index contributed by atoms with van der Waals surface area (Å²) in [6.45, 7) is 11.2. The molecular formula is C17H29N3. The van der Waals surface area contributed by atoms with Crippen LogP contribution in [0.3, 0.4) is 0 Å². The minimum atomic E-state index is 0.190. The molecule has 0 radical (unpaired) electrons. The molecule has 3 nitrogen and oxygen atoms in total. The maximum atomic E-state index is 6.21. The van der Waals surface area contributed by atoms with Gasteiger partial charge in [0.25, 0.3) is 0 Å². The first-order chi connectivity index (χ1) is 9.50. The van der Waals surface area contributed by atoms with Crippen LogP contribution in [0, 0.1) is 0 Å². The van der Waals surface area contributed by atoms with Gasteiger partial charge in [0.2, 0.25) is 0 Å². The molecule has 1 aliphatic carbocycles. The van der Waals surface area contributed by atoms with E-state index < -0.39 is 0 Å². The lowest BCUT2D eigenvalue weighted by Crippen LogP contribution is -2.41. The molecule has 0 aromatic heterocycles. The van der Waals surface area contributed by atoms with Gasteiger partial charge in [-0.1, -0.05) is 24.3 Å². The number of nitrogens with one attached hydrogen (secondary N) is 1. The number of benzene rings is 1. The van der Waals surface area contributed by atoms with Gasteiger partial charge in [-0.05, 0) is 45.2 Å². The molecule has 0 spiro atoms. The first kappa shape index (κ1) is 15.5. The van der Waals surface area contributed by atoms with Crippen LogP contribution in [0.1, 0.15) is 57.3 Å². The molecule has 112 valence electrons. The summed E-state index contributed by atoms with van der Waals surface area (Å²) in [5.41, 5.74) is 8.92. The average molecular weight is 275 g/mol. The summed E-state index contributed by atoms with van der Waals surface area (Å²) >= 11 is 0. The third kappa shape index (κ3) is 3.40. The summed E-state index contributed by atoms with van der Waals surface area (Å²) < 4.78 is 0. The van der Waals surface area contributed by atoms with Gasteiger partial charge in [-0.15, -0.1) is 0 Å². The molecule has 0 saturated heterocycles. The zero-order valence-electron chi connectivity index (χ0n) is 13.3. The van der Waals surface area contributed by atoms with Gasteiger partial charge in [-0.2, -0.15) is 0 Å². The second-order valence-electron chi connectivity index (χ2n) is 6.40. The average Bonchev–Trinajstić information content (AvgIpc) is 2.71. The van der Waals surface area contributed by atoms with Crippen LogP contribution >= 0.6 is 0 Å². The van der Waals surface area contributed by atoms with E-state index in [1.54, 1.807) is 0 Å². The van der Waals surface area contributed by atoms with E-state index in [0.29, 0.717) is 18.1 Å². The van der Waals surface area contributed by atoms with Crippen molar-refractivity contribution in [2.24, 2.45) is 5.73 Å². The van der Waals surface area contributed by atoms with Crippen molar-refractivity contribution in [2.75, 3.05) is 13.1 Å². The van der Waals surface area contributed by atoms with Crippen LogP contribution in [0.2, 0.25) is 0 Å². The molecule has 0 fully saturated rings. The van der Waals surface area contributed by atoms with Crippen LogP contribution in [0.25, 0.3) is 0 Å². The molecule has 1 aliphatic rings. The highest BCUT2D eigenvalue weighted by atomic mass is 15.2. The lowest BCUT2D eigenvalue weighted by molar-refractivity contribution is 0.173. The summed E-state index contributed by atoms with van der Waals surface area (Å²) in [4.78, 5) is 2.52. The third-order valence-corrected chi connectivity index (χ3v) is 4.35. The van der Waals surface area contributed by atoms with E-state index in [1.165, 1.54) is 11.1 Å². The summed E-state index contributed by atoms with van der Waals surface area (Å²) in [6.07, 6.45) is 1.02. The van der Waals surface area contributed by atoms with Crippen LogP contribution in [-0.2, 0) is 0 Å². The first-order valence-electron chi connectivity index (χ1n) is 7.84. The Kier molecular flexibility index (Phi) is 5.19. The van der Waals surface area contributed by atoms with Crippen molar-refractivity contribution in [3.05, 3.63) is 35.4 Å². The molecule has 0 amide bonds. The zero-order chi connectivity index (χ0) is 14.7. The zero-order valence-corrected chi connectivity index (χ0v) is 13.3. The molecule has 20 heavy (non-hydrogen) atoms. The van der Waals surface area contributed by atoms with Crippen LogP contribution in [0.4, 0.5) is 0 Å². The van der Waals surface area contributed by atoms with Crippen LogP contribution < -0.4 is 11.1 Å². The highest BCUT2D eigenvalue weighted by molar-refractivity contribution is 5.37. The quantitative estimate of drug-likeness (QED) is 0.839. The van der Waals surface area contributed by atoms with E-state index in [4.69, 9.17) is 5.73 Å². The molecule has 1 aromatic carbocycles. The SMILES string of the molecule is CC(C)N(CCNC1CC(N)c2ccccc21)C(C)C. The van der Waals surface area contributed by atoms with E-state index in [2.05, 4.69) is 62.2 Å². The van der Waals surface area contributed by atoms with Crippen molar-refractivity contribution >= 4 is 0 Å². The van der Waals surface area contributed by atoms with Crippen LogP contribution in [-0.4, -0.2) is 30.1 Å². The fourth-order valence-corrected chi connectivity index (χ4v) is 3.35. The standard InChI is InChI=1S/C17H29N3/c1-12(2)20(13(3)4)10-9-19-17-11-16(18)14-7-5-6-8-15(14)17/h5-8,12-13,16-17,19H,9-11,18H2,1-4H3. The van der Waals surface area contributed by atoms with Crippen LogP contribution in [0.15, 0.2) is 24.3 Å². The maximum absolute atomic E-state index is 6.21. The van der Waals surface area contributed by atoms with Crippen molar-refractivity contribution in [1.82, 2.24) is 10.2 Å². The van der Waals surface area contributed by atoms with Gasteiger partial charge in [-0.25, -0.2) is 0 Å². The van der Waals surface area contributed by atoms with Gasteiger partial charge < -0.3 is 11.1 Å². The molecule has 3 N–H and O–H groups in total. The minimum Gasteiger partial charge on any atom is -0.324 e. The highest BCUT2D eigenvalue weighted by Crippen LogP contribution is 2.36. The number of nitrogens with zero attached hydrogens (tertiary/aromatic N) is 1. The van der Waals surface area contributed by atoms with Gasteiger partial charge in [0.05, 0.1) is 0 Å². The van der Waals surface area contributed by atoms with Crippen molar-refractivity contribution in [3.63, 3.8) is 0 Å². The highest BCUT2D eigenvalue weighted by Gasteiger charge is 2.27. The molecule has 2 atom stereocenters. The van der Waals surface area contributed by atoms with Gasteiger partial charge in [-0.3, -0.25) is 4.90 Å². The number of rotatable bonds is 6. The first-order valence-corrected chi connectivity index (χ1v) is 7.84. The monoisotopic (exact) mass is 275 g/mol. The van der Waals surface area contributed by atoms with Gasteiger partial charge in [0, 0.05) is 37.3 Å². The summed E-state index contributed by atoms with van der Waals surface area (Å²) in [5.74, 6) is 0. The predicted octanol–water partition coefficient (Wildman–Crippen LogP) is 2.84. The predicted molar refractivity (Wildman–Crippen MR) is 85.7 cm³/mol. The Morgan fingerprint density at radius 3 is 2.35 bits per heavy atom. The molecule has 1 aromatic rings. The van der Waals surface area contributed by atoms with Crippen molar-refractivity contribution in [1.29, 1.82) is 0 Å². The number of nitrogens with two attached hydrogens (primary N) is 1. The molecule has 0 aliphatic heterocycles. The largest absolute Gasteiger partial charge is 0.324 e. The molecule has 2 unspecified atom stereocenters. The van der Waals surface area contributed by atoms with E-state index >= 15 is 0 Å². The second kappa shape index (κ2) is 6.70. The Bertz CT molecular complexity index is 420. The Balaban J connectivity index is 1.90. The third-order valence-electron chi connectivity index (χ3n) is 4.35. The molecular weight excluding hydrogens is 246 g/mol. The van der Waals surface area contributed by atoms with Crippen molar-refractivity contribution in [2.45, 2.75) is 58.3 Å². The van der Waals surface area contributed by atoms with Crippen molar-refractivity contribution in [3.8, 4) is 0 Å². The smallest absolute Gasteiger partial charge is 0.0342 e. The Morgan fingerprint density at radius 2 is 1.75 bits per heavy atom. The molecule has 0 bridgehead atoms. The summed E-state index contributed by atoms with van der Waals surface area (Å²) in [7, 11) is 0. The molecule has 0 saturated carbocycles. The lowest BCUT2D eigenvalue weighted by Gasteiger charge is -2.31. The topological polar surface area (TPSA) is 41.3 Å². The van der Waals surface area contributed by atoms with Crippen molar-refractivity contribution < 1.29 is 0 Å². The molecule has 3 heteroatoms. The summed E-state index contributed by atoms with van der Waals surface area (Å²) in [6, 6.07) is 10.4. The minimum absolute atomic E-state index is 0.190. The normalized spacial score (nSPS) is 22.0. The van der Waals surface area contributed by atoms with Gasteiger partial charge in [0.1, 0.15) is 0 Å². The fourth-order valence-electron chi connectivity index (χ4n) is 3.35. The van der Waals surface area contributed by atoms with Gasteiger partial charge in [0.15, 0.2) is 0 Å². The van der Waals surface area contributed by atoms with E-state index in [-0.39, 0.29) is 6.04 Å². The van der Waals surface area contributed by atoms with E-state index in [0.717, 1.165) is 19.5 Å². The Hall–Kier alpha value is -0.900. The Labute approximate surface area is 123 Å². The van der Waals surface area contributed by atoms with Gasteiger partial charge >= 0.3 is 0 Å². The van der Waals surface area contributed by atoms with Crippen LogP contribution in [0.5, 0.6) is 0 Å².